The van der Waals surface area contributed by atoms with Crippen LogP contribution < -0.4 is 4.90 Å². The van der Waals surface area contributed by atoms with Gasteiger partial charge in [0.15, 0.2) is 0 Å². The van der Waals surface area contributed by atoms with Gasteiger partial charge in [-0.15, -0.1) is 11.6 Å². The van der Waals surface area contributed by atoms with E-state index >= 15 is 0 Å². The summed E-state index contributed by atoms with van der Waals surface area (Å²) in [4.78, 5) is 6.65. The fraction of sp³-hybridized carbons (Fsp3) is 0.267. The molecule has 0 radical (unpaired) electrons. The number of pyridine rings is 1. The zero-order valence-electron chi connectivity index (χ0n) is 10.5. The van der Waals surface area contributed by atoms with Crippen molar-refractivity contribution in [3.8, 4) is 0 Å². The molecule has 2 nitrogen and oxygen atoms in total. The highest BCUT2D eigenvalue weighted by Crippen LogP contribution is 2.18. The van der Waals surface area contributed by atoms with Gasteiger partial charge in [0, 0.05) is 24.3 Å². The van der Waals surface area contributed by atoms with Crippen molar-refractivity contribution in [3.63, 3.8) is 0 Å². The third-order valence-electron chi connectivity index (χ3n) is 2.92. The first-order chi connectivity index (χ1) is 8.83. The van der Waals surface area contributed by atoms with Gasteiger partial charge >= 0.3 is 0 Å². The molecule has 0 fully saturated rings. The van der Waals surface area contributed by atoms with Gasteiger partial charge in [0.25, 0.3) is 0 Å². The molecule has 0 saturated carbocycles. The molecule has 0 atom stereocenters. The average molecular weight is 261 g/mol. The molecule has 3 heteroatoms. The van der Waals surface area contributed by atoms with Crippen LogP contribution in [0.3, 0.4) is 0 Å². The van der Waals surface area contributed by atoms with Crippen molar-refractivity contribution in [3.05, 3.63) is 59.9 Å². The van der Waals surface area contributed by atoms with E-state index in [1.165, 1.54) is 5.69 Å². The van der Waals surface area contributed by atoms with Crippen molar-refractivity contribution in [1.29, 1.82) is 0 Å². The predicted molar refractivity (Wildman–Crippen MR) is 77.0 cm³/mol. The van der Waals surface area contributed by atoms with Crippen LogP contribution in [0.1, 0.15) is 18.2 Å². The number of anilines is 1. The van der Waals surface area contributed by atoms with E-state index in [-0.39, 0.29) is 0 Å². The lowest BCUT2D eigenvalue weighted by molar-refractivity contribution is 0.809. The lowest BCUT2D eigenvalue weighted by Crippen LogP contribution is -2.22. The molecule has 18 heavy (non-hydrogen) atoms. The first-order valence-corrected chi connectivity index (χ1v) is 6.66. The summed E-state index contributed by atoms with van der Waals surface area (Å²) in [5.74, 6) is 0.562. The minimum absolute atomic E-state index is 0.562. The van der Waals surface area contributed by atoms with Crippen LogP contribution in [-0.2, 0) is 12.4 Å². The third-order valence-corrected chi connectivity index (χ3v) is 3.23. The van der Waals surface area contributed by atoms with Gasteiger partial charge in [-0.25, -0.2) is 0 Å². The van der Waals surface area contributed by atoms with Gasteiger partial charge in [0.05, 0.1) is 12.2 Å². The predicted octanol–water partition coefficient (Wildman–Crippen LogP) is 3.85. The average Bonchev–Trinajstić information content (AvgIpc) is 2.46. The Balaban J connectivity index is 2.12. The van der Waals surface area contributed by atoms with Crippen molar-refractivity contribution in [2.75, 3.05) is 11.4 Å². The fourth-order valence-corrected chi connectivity index (χ4v) is 2.05. The van der Waals surface area contributed by atoms with Crippen molar-refractivity contribution in [1.82, 2.24) is 4.98 Å². The van der Waals surface area contributed by atoms with Gasteiger partial charge in [0.2, 0.25) is 0 Å². The molecule has 0 saturated heterocycles. The van der Waals surface area contributed by atoms with Crippen LogP contribution >= 0.6 is 11.6 Å². The van der Waals surface area contributed by atoms with Gasteiger partial charge in [0.1, 0.15) is 0 Å². The monoisotopic (exact) mass is 260 g/mol. The van der Waals surface area contributed by atoms with E-state index in [2.05, 4.69) is 47.1 Å². The molecular formula is C15H17ClN2. The summed E-state index contributed by atoms with van der Waals surface area (Å²) in [6, 6.07) is 14.4. The molecule has 0 spiro atoms. The van der Waals surface area contributed by atoms with E-state index in [4.69, 9.17) is 11.6 Å². The molecule has 0 N–H and O–H groups in total. The van der Waals surface area contributed by atoms with Crippen LogP contribution in [0, 0.1) is 0 Å². The standard InChI is InChI=1S/C15H17ClN2/c1-2-18(12-14-5-3-4-10-17-14)15-8-6-13(11-16)7-9-15/h3-10H,2,11-12H2,1H3. The fourth-order valence-electron chi connectivity index (χ4n) is 1.87. The Kier molecular flexibility index (Phi) is 4.59. The largest absolute Gasteiger partial charge is 0.366 e. The van der Waals surface area contributed by atoms with Crippen molar-refractivity contribution in [2.24, 2.45) is 0 Å². The molecule has 1 aromatic heterocycles. The molecule has 0 aliphatic carbocycles. The van der Waals surface area contributed by atoms with E-state index in [0.29, 0.717) is 5.88 Å². The first kappa shape index (κ1) is 12.9. The quantitative estimate of drug-likeness (QED) is 0.760. The summed E-state index contributed by atoms with van der Waals surface area (Å²) >= 11 is 5.80. The van der Waals surface area contributed by atoms with Crippen molar-refractivity contribution >= 4 is 17.3 Å². The zero-order valence-corrected chi connectivity index (χ0v) is 11.3. The number of alkyl halides is 1. The number of benzene rings is 1. The summed E-state index contributed by atoms with van der Waals surface area (Å²) in [5, 5.41) is 0. The van der Waals surface area contributed by atoms with Gasteiger partial charge in [-0.1, -0.05) is 18.2 Å². The molecule has 1 heterocycles. The third kappa shape index (κ3) is 3.23. The van der Waals surface area contributed by atoms with Gasteiger partial charge < -0.3 is 4.90 Å². The second-order valence-corrected chi connectivity index (χ2v) is 4.40. The Morgan fingerprint density at radius 1 is 1.11 bits per heavy atom. The lowest BCUT2D eigenvalue weighted by Gasteiger charge is -2.22. The molecular weight excluding hydrogens is 244 g/mol. The van der Waals surface area contributed by atoms with Crippen molar-refractivity contribution < 1.29 is 0 Å². The second-order valence-electron chi connectivity index (χ2n) is 4.14. The van der Waals surface area contributed by atoms with Crippen LogP contribution in [0.15, 0.2) is 48.7 Å². The van der Waals surface area contributed by atoms with Crippen molar-refractivity contribution in [2.45, 2.75) is 19.3 Å². The number of nitrogens with zero attached hydrogens (tertiary/aromatic N) is 2. The number of rotatable bonds is 5. The summed E-state index contributed by atoms with van der Waals surface area (Å²) in [7, 11) is 0. The molecule has 1 aromatic carbocycles. The zero-order chi connectivity index (χ0) is 12.8. The molecule has 0 aliphatic rings. The highest BCUT2D eigenvalue weighted by Gasteiger charge is 2.05. The van der Waals surface area contributed by atoms with Crippen LogP contribution in [0.4, 0.5) is 5.69 Å². The number of hydrogen-bond acceptors (Lipinski definition) is 2. The molecule has 2 aromatic rings. The number of aromatic nitrogens is 1. The molecule has 0 aliphatic heterocycles. The van der Waals surface area contributed by atoms with Gasteiger partial charge in [-0.05, 0) is 36.8 Å². The number of halogens is 1. The number of hydrogen-bond donors (Lipinski definition) is 0. The topological polar surface area (TPSA) is 16.1 Å². The molecule has 0 unspecified atom stereocenters. The Bertz CT molecular complexity index is 468. The smallest absolute Gasteiger partial charge is 0.0601 e. The maximum absolute atomic E-state index is 5.80. The van der Waals surface area contributed by atoms with E-state index in [1.807, 2.05) is 18.3 Å². The molecule has 0 amide bonds. The van der Waals surface area contributed by atoms with Crippen LogP contribution in [0.25, 0.3) is 0 Å². The van der Waals surface area contributed by atoms with Crippen LogP contribution in [-0.4, -0.2) is 11.5 Å². The summed E-state index contributed by atoms with van der Waals surface area (Å²) in [5.41, 5.74) is 3.44. The molecule has 94 valence electrons. The summed E-state index contributed by atoms with van der Waals surface area (Å²) in [6.45, 7) is 3.94. The molecule has 2 rings (SSSR count). The van der Waals surface area contributed by atoms with E-state index in [9.17, 15) is 0 Å². The van der Waals surface area contributed by atoms with Gasteiger partial charge in [-0.3, -0.25) is 4.98 Å². The van der Waals surface area contributed by atoms with E-state index < -0.39 is 0 Å². The summed E-state index contributed by atoms with van der Waals surface area (Å²) < 4.78 is 0. The Hall–Kier alpha value is -1.54. The Morgan fingerprint density at radius 3 is 2.44 bits per heavy atom. The van der Waals surface area contributed by atoms with E-state index in [1.54, 1.807) is 0 Å². The maximum Gasteiger partial charge on any atom is 0.0601 e. The Labute approximate surface area is 113 Å². The first-order valence-electron chi connectivity index (χ1n) is 6.13. The maximum atomic E-state index is 5.80. The highest BCUT2D eigenvalue weighted by atomic mass is 35.5. The van der Waals surface area contributed by atoms with Crippen LogP contribution in [0.5, 0.6) is 0 Å². The summed E-state index contributed by atoms with van der Waals surface area (Å²) in [6.07, 6.45) is 1.83. The highest BCUT2D eigenvalue weighted by molar-refractivity contribution is 6.17. The van der Waals surface area contributed by atoms with Crippen LogP contribution in [0.2, 0.25) is 0 Å². The lowest BCUT2D eigenvalue weighted by atomic mass is 10.2. The van der Waals surface area contributed by atoms with Gasteiger partial charge in [-0.2, -0.15) is 0 Å². The normalized spacial score (nSPS) is 10.3. The minimum Gasteiger partial charge on any atom is -0.366 e. The SMILES string of the molecule is CCN(Cc1ccccn1)c1ccc(CCl)cc1. The minimum atomic E-state index is 0.562. The second kappa shape index (κ2) is 6.41. The van der Waals surface area contributed by atoms with E-state index in [0.717, 1.165) is 24.3 Å². The molecule has 0 bridgehead atoms. The Morgan fingerprint density at radius 2 is 1.89 bits per heavy atom.